The van der Waals surface area contributed by atoms with Gasteiger partial charge in [0.15, 0.2) is 6.04 Å². The van der Waals surface area contributed by atoms with E-state index in [-0.39, 0.29) is 11.9 Å². The van der Waals surface area contributed by atoms with Crippen molar-refractivity contribution in [1.82, 2.24) is 0 Å². The number of amides is 1. The molecule has 0 aliphatic rings. The van der Waals surface area contributed by atoms with Crippen molar-refractivity contribution in [3.63, 3.8) is 0 Å². The van der Waals surface area contributed by atoms with Crippen molar-refractivity contribution >= 4 is 28.2 Å². The minimum absolute atomic E-state index is 0.113. The summed E-state index contributed by atoms with van der Waals surface area (Å²) in [6.07, 6.45) is 0. The van der Waals surface area contributed by atoms with Crippen LogP contribution in [0.15, 0.2) is 36.4 Å². The van der Waals surface area contributed by atoms with Crippen LogP contribution in [0.4, 0.5) is 5.00 Å². The monoisotopic (exact) mass is 375 g/mol. The molecule has 1 aromatic carbocycles. The first-order valence-electron chi connectivity index (χ1n) is 8.92. The fraction of sp³-hybridized carbons (Fsp3) is 0.400. The molecular weight excluding hydrogens is 348 g/mol. The Balaban J connectivity index is 2.23. The van der Waals surface area contributed by atoms with Gasteiger partial charge in [-0.15, -0.1) is 11.3 Å². The van der Waals surface area contributed by atoms with E-state index in [0.29, 0.717) is 23.1 Å². The van der Waals surface area contributed by atoms with Gasteiger partial charge in [0.05, 0.1) is 18.7 Å². The molecule has 6 heteroatoms. The van der Waals surface area contributed by atoms with E-state index in [1.807, 2.05) is 42.6 Å². The summed E-state index contributed by atoms with van der Waals surface area (Å²) >= 11 is 1.39. The topological polar surface area (TPSA) is 72.0 Å². The fourth-order valence-corrected chi connectivity index (χ4v) is 3.45. The van der Waals surface area contributed by atoms with Crippen LogP contribution in [-0.2, 0) is 9.53 Å². The van der Waals surface area contributed by atoms with Crippen LogP contribution in [0.3, 0.4) is 0 Å². The highest BCUT2D eigenvalue weighted by molar-refractivity contribution is 7.20. The van der Waals surface area contributed by atoms with Crippen molar-refractivity contribution < 1.29 is 19.6 Å². The van der Waals surface area contributed by atoms with Crippen LogP contribution in [0.1, 0.15) is 38.1 Å². The number of quaternary nitrogens is 1. The van der Waals surface area contributed by atoms with Gasteiger partial charge >= 0.3 is 5.97 Å². The molecule has 2 rings (SSSR count). The number of rotatable bonds is 8. The summed E-state index contributed by atoms with van der Waals surface area (Å²) in [5.41, 5.74) is 1.41. The number of hydrogen-bond acceptors (Lipinski definition) is 4. The second kappa shape index (κ2) is 9.50. The van der Waals surface area contributed by atoms with Crippen molar-refractivity contribution in [3.8, 4) is 10.4 Å². The molecule has 26 heavy (non-hydrogen) atoms. The Morgan fingerprint density at radius 3 is 2.50 bits per heavy atom. The molecule has 5 nitrogen and oxygen atoms in total. The lowest BCUT2D eigenvalue weighted by atomic mass is 10.1. The van der Waals surface area contributed by atoms with Crippen molar-refractivity contribution in [2.24, 2.45) is 5.92 Å². The third-order valence-corrected chi connectivity index (χ3v) is 5.00. The smallest absolute Gasteiger partial charge is 0.341 e. The Hall–Kier alpha value is -2.18. The number of esters is 1. The van der Waals surface area contributed by atoms with Gasteiger partial charge in [0.25, 0.3) is 5.91 Å². The van der Waals surface area contributed by atoms with Crippen molar-refractivity contribution in [3.05, 3.63) is 42.0 Å². The Kier molecular flexibility index (Phi) is 7.36. The summed E-state index contributed by atoms with van der Waals surface area (Å²) < 4.78 is 5.15. The lowest BCUT2D eigenvalue weighted by molar-refractivity contribution is -0.677. The van der Waals surface area contributed by atoms with E-state index in [2.05, 4.69) is 19.2 Å². The highest BCUT2D eigenvalue weighted by atomic mass is 32.1. The summed E-state index contributed by atoms with van der Waals surface area (Å²) in [6, 6.07) is 11.3. The average Bonchev–Trinajstić information content (AvgIpc) is 3.04. The fourth-order valence-electron chi connectivity index (χ4n) is 2.40. The lowest BCUT2D eigenvalue weighted by Crippen LogP contribution is -2.92. The molecule has 0 fully saturated rings. The Morgan fingerprint density at radius 2 is 1.88 bits per heavy atom. The molecule has 1 amide bonds. The molecule has 0 radical (unpaired) electrons. The Morgan fingerprint density at radius 1 is 1.19 bits per heavy atom. The molecular formula is C20H27N2O3S+. The quantitative estimate of drug-likeness (QED) is 0.696. The highest BCUT2D eigenvalue weighted by Crippen LogP contribution is 2.35. The largest absolute Gasteiger partial charge is 0.462 e. The normalized spacial score (nSPS) is 12.0. The molecule has 0 spiro atoms. The molecule has 0 unspecified atom stereocenters. The van der Waals surface area contributed by atoms with Gasteiger partial charge in [-0.2, -0.15) is 0 Å². The van der Waals surface area contributed by atoms with Crippen LogP contribution >= 0.6 is 11.3 Å². The lowest BCUT2D eigenvalue weighted by Gasteiger charge is -2.12. The maximum absolute atomic E-state index is 12.5. The molecule has 0 saturated heterocycles. The van der Waals surface area contributed by atoms with Crippen molar-refractivity contribution in [1.29, 1.82) is 0 Å². The van der Waals surface area contributed by atoms with E-state index in [4.69, 9.17) is 4.74 Å². The van der Waals surface area contributed by atoms with Crippen molar-refractivity contribution in [2.75, 3.05) is 18.5 Å². The number of ether oxygens (including phenoxy) is 1. The third kappa shape index (κ3) is 5.41. The van der Waals surface area contributed by atoms with Gasteiger partial charge in [-0.1, -0.05) is 44.2 Å². The zero-order valence-corrected chi connectivity index (χ0v) is 16.6. The first-order chi connectivity index (χ1) is 12.4. The molecule has 1 heterocycles. The first-order valence-corrected chi connectivity index (χ1v) is 9.74. The number of hydrogen-bond donors (Lipinski definition) is 2. The van der Waals surface area contributed by atoms with E-state index < -0.39 is 5.97 Å². The first kappa shape index (κ1) is 20.1. The zero-order valence-electron chi connectivity index (χ0n) is 15.7. The van der Waals surface area contributed by atoms with Gasteiger partial charge in [-0.3, -0.25) is 4.79 Å². The molecule has 0 aliphatic carbocycles. The highest BCUT2D eigenvalue weighted by Gasteiger charge is 2.23. The van der Waals surface area contributed by atoms with Gasteiger partial charge < -0.3 is 15.4 Å². The number of thiophene rings is 1. The van der Waals surface area contributed by atoms with Crippen LogP contribution < -0.4 is 10.6 Å². The number of nitrogens with one attached hydrogen (secondary N) is 1. The standard InChI is InChI=1S/C20H26N2O3S/c1-5-25-20(24)16-11-17(15-9-7-6-8-10-15)26-19(16)22-18(23)14(4)21-12-13(2)3/h6-11,13-14,21H,5,12H2,1-4H3,(H,22,23)/p+1/t14-/m1/s1. The molecule has 0 saturated carbocycles. The molecule has 0 bridgehead atoms. The summed E-state index contributed by atoms with van der Waals surface area (Å²) in [7, 11) is 0. The van der Waals surface area contributed by atoms with E-state index in [1.165, 1.54) is 11.3 Å². The van der Waals surface area contributed by atoms with Crippen LogP contribution in [0.25, 0.3) is 10.4 Å². The zero-order chi connectivity index (χ0) is 19.1. The second-order valence-electron chi connectivity index (χ2n) is 6.58. The third-order valence-electron chi connectivity index (χ3n) is 3.90. The summed E-state index contributed by atoms with van der Waals surface area (Å²) in [6.45, 7) is 9.04. The Bertz CT molecular complexity index is 741. The second-order valence-corrected chi connectivity index (χ2v) is 7.64. The summed E-state index contributed by atoms with van der Waals surface area (Å²) in [5.74, 6) is -0.0236. The summed E-state index contributed by atoms with van der Waals surface area (Å²) in [5, 5.41) is 5.46. The molecule has 0 aliphatic heterocycles. The van der Waals surface area contributed by atoms with Crippen LogP contribution in [-0.4, -0.2) is 31.1 Å². The average molecular weight is 376 g/mol. The molecule has 2 aromatic rings. The molecule has 1 atom stereocenters. The van der Waals surface area contributed by atoms with Gasteiger partial charge in [0.1, 0.15) is 5.00 Å². The van der Waals surface area contributed by atoms with E-state index in [1.54, 1.807) is 13.0 Å². The van der Waals surface area contributed by atoms with Crippen LogP contribution in [0, 0.1) is 5.92 Å². The maximum atomic E-state index is 12.5. The minimum atomic E-state index is -0.417. The van der Waals surface area contributed by atoms with Gasteiger partial charge in [0.2, 0.25) is 0 Å². The van der Waals surface area contributed by atoms with E-state index in [0.717, 1.165) is 17.0 Å². The minimum Gasteiger partial charge on any atom is -0.462 e. The maximum Gasteiger partial charge on any atom is 0.341 e. The number of carbonyl (C=O) groups is 2. The van der Waals surface area contributed by atoms with Crippen LogP contribution in [0.2, 0.25) is 0 Å². The summed E-state index contributed by atoms with van der Waals surface area (Å²) in [4.78, 5) is 25.7. The predicted molar refractivity (Wildman–Crippen MR) is 105 cm³/mol. The number of anilines is 1. The number of carbonyl (C=O) groups excluding carboxylic acids is 2. The Labute approximate surface area is 158 Å². The van der Waals surface area contributed by atoms with Crippen LogP contribution in [0.5, 0.6) is 0 Å². The van der Waals surface area contributed by atoms with E-state index in [9.17, 15) is 9.59 Å². The predicted octanol–water partition coefficient (Wildman–Crippen LogP) is 3.14. The number of benzene rings is 1. The SMILES string of the molecule is CCOC(=O)c1cc(-c2ccccc2)sc1NC(=O)[C@@H](C)[NH2+]CC(C)C. The van der Waals surface area contributed by atoms with Gasteiger partial charge in [-0.05, 0) is 25.5 Å². The number of nitrogens with two attached hydrogens (primary N) is 1. The molecule has 1 aromatic heterocycles. The molecule has 140 valence electrons. The van der Waals surface area contributed by atoms with Crippen molar-refractivity contribution in [2.45, 2.75) is 33.7 Å². The molecule has 3 N–H and O–H groups in total. The van der Waals surface area contributed by atoms with E-state index >= 15 is 0 Å². The van der Waals surface area contributed by atoms with Gasteiger partial charge in [-0.25, -0.2) is 4.79 Å². The van der Waals surface area contributed by atoms with Gasteiger partial charge in [0, 0.05) is 10.8 Å².